The number of aliphatic carboxylic acids is 2. The number of nitrogens with zero attached hydrogens (tertiary/aromatic N) is 1. The van der Waals surface area contributed by atoms with Gasteiger partial charge in [0.25, 0.3) is 0 Å². The Morgan fingerprint density at radius 3 is 1.36 bits per heavy atom. The molecule has 0 atom stereocenters. The summed E-state index contributed by atoms with van der Waals surface area (Å²) in [6.45, 7) is 12.9. The largest absolute Gasteiger partial charge is 0.490 e. The van der Waals surface area contributed by atoms with Crippen molar-refractivity contribution < 1.29 is 46.1 Å². The topological polar surface area (TPSA) is 89.9 Å². The van der Waals surface area contributed by atoms with Crippen molar-refractivity contribution >= 4 is 11.9 Å². The molecule has 0 aromatic rings. The first-order valence-electron chi connectivity index (χ1n) is 7.00. The van der Waals surface area contributed by atoms with E-state index in [0.717, 1.165) is 13.1 Å². The van der Waals surface area contributed by atoms with Gasteiger partial charge in [0.1, 0.15) is 0 Å². The van der Waals surface area contributed by atoms with E-state index in [9.17, 15) is 26.3 Å². The summed E-state index contributed by atoms with van der Waals surface area (Å²) in [6, 6.07) is 0. The molecule has 1 aliphatic heterocycles. The van der Waals surface area contributed by atoms with Gasteiger partial charge in [0.2, 0.25) is 0 Å². The number of carboxylic acid groups (broad SMARTS) is 2. The zero-order valence-electron chi connectivity index (χ0n) is 14.0. The van der Waals surface area contributed by atoms with Crippen molar-refractivity contribution in [3.05, 3.63) is 0 Å². The second kappa shape index (κ2) is 10.4. The maximum Gasteiger partial charge on any atom is 0.490 e. The molecule has 0 saturated carbocycles. The molecule has 1 rings (SSSR count). The van der Waals surface area contributed by atoms with Gasteiger partial charge in [-0.15, -0.1) is 0 Å². The summed E-state index contributed by atoms with van der Waals surface area (Å²) in [5, 5.41) is 17.6. The molecule has 0 unspecified atom stereocenters. The van der Waals surface area contributed by atoms with E-state index in [1.165, 1.54) is 19.6 Å². The van der Waals surface area contributed by atoms with E-state index in [1.807, 2.05) is 0 Å². The van der Waals surface area contributed by atoms with Crippen LogP contribution >= 0.6 is 0 Å². The zero-order chi connectivity index (χ0) is 20.5. The van der Waals surface area contributed by atoms with Crippen LogP contribution in [-0.2, 0) is 9.59 Å². The Kier molecular flexibility index (Phi) is 10.7. The second-order valence-electron chi connectivity index (χ2n) is 6.19. The fourth-order valence-corrected chi connectivity index (χ4v) is 1.54. The Balaban J connectivity index is 0. The molecule has 25 heavy (non-hydrogen) atoms. The standard InChI is InChI=1S/C9H20N2.2C2HF3O2/c1-9(2,3)8-11-6-4-10-5-7-11;2*3-2(4,5)1(6)7/h10H,4-8H2,1-3H3;2*(H,6,7). The summed E-state index contributed by atoms with van der Waals surface area (Å²) in [5.74, 6) is -5.51. The first-order valence-corrected chi connectivity index (χ1v) is 7.00. The summed E-state index contributed by atoms with van der Waals surface area (Å²) >= 11 is 0. The summed E-state index contributed by atoms with van der Waals surface area (Å²) < 4.78 is 63.5. The monoisotopic (exact) mass is 384 g/mol. The predicted octanol–water partition coefficient (Wildman–Crippen LogP) is 2.20. The highest BCUT2D eigenvalue weighted by Gasteiger charge is 2.38. The molecule has 1 fully saturated rings. The minimum atomic E-state index is -5.08. The van der Waals surface area contributed by atoms with Gasteiger partial charge in [-0.3, -0.25) is 0 Å². The minimum Gasteiger partial charge on any atom is -0.475 e. The molecule has 150 valence electrons. The van der Waals surface area contributed by atoms with Gasteiger partial charge in [-0.25, -0.2) is 9.59 Å². The number of carboxylic acids is 2. The number of rotatable bonds is 1. The minimum absolute atomic E-state index is 0.456. The third-order valence-electron chi connectivity index (χ3n) is 2.39. The zero-order valence-corrected chi connectivity index (χ0v) is 14.0. The number of carbonyl (C=O) groups is 2. The molecule has 1 saturated heterocycles. The van der Waals surface area contributed by atoms with Crippen LogP contribution in [0.1, 0.15) is 20.8 Å². The van der Waals surface area contributed by atoms with Gasteiger partial charge in [-0.1, -0.05) is 20.8 Å². The number of halogens is 6. The number of hydrogen-bond acceptors (Lipinski definition) is 4. The summed E-state index contributed by atoms with van der Waals surface area (Å²) in [7, 11) is 0. The first kappa shape index (κ1) is 25.7. The number of piperazine rings is 1. The lowest BCUT2D eigenvalue weighted by Gasteiger charge is -2.32. The maximum atomic E-state index is 10.6. The average Bonchev–Trinajstić information content (AvgIpc) is 2.37. The molecule has 0 aromatic carbocycles. The number of alkyl halides is 6. The highest BCUT2D eigenvalue weighted by atomic mass is 19.4. The Hall–Kier alpha value is -1.56. The third kappa shape index (κ3) is 17.1. The molecule has 0 aliphatic carbocycles. The van der Waals surface area contributed by atoms with Gasteiger partial charge in [0.05, 0.1) is 0 Å². The number of hydrogen-bond donors (Lipinski definition) is 3. The van der Waals surface area contributed by atoms with Gasteiger partial charge in [-0.2, -0.15) is 26.3 Å². The molecule has 0 aromatic heterocycles. The maximum absolute atomic E-state index is 10.6. The van der Waals surface area contributed by atoms with Crippen LogP contribution in [-0.4, -0.2) is 72.1 Å². The summed E-state index contributed by atoms with van der Waals surface area (Å²) in [6.07, 6.45) is -10.2. The highest BCUT2D eigenvalue weighted by Crippen LogP contribution is 2.15. The fraction of sp³-hybridized carbons (Fsp3) is 0.846. The van der Waals surface area contributed by atoms with Crippen LogP contribution < -0.4 is 5.32 Å². The summed E-state index contributed by atoms with van der Waals surface area (Å²) in [5.41, 5.74) is 0.456. The second-order valence-corrected chi connectivity index (χ2v) is 6.19. The molecule has 3 N–H and O–H groups in total. The smallest absolute Gasteiger partial charge is 0.475 e. The Morgan fingerprint density at radius 2 is 1.16 bits per heavy atom. The van der Waals surface area contributed by atoms with Crippen molar-refractivity contribution in [1.82, 2.24) is 10.2 Å². The Labute approximate surface area is 140 Å². The van der Waals surface area contributed by atoms with Crippen LogP contribution in [0, 0.1) is 5.41 Å². The lowest BCUT2D eigenvalue weighted by molar-refractivity contribution is -0.193. The van der Waals surface area contributed by atoms with E-state index in [0.29, 0.717) is 5.41 Å². The van der Waals surface area contributed by atoms with Crippen LogP contribution in [0.15, 0.2) is 0 Å². The molecular weight excluding hydrogens is 362 g/mol. The SMILES string of the molecule is CC(C)(C)CN1CCNCC1.O=C(O)C(F)(F)F.O=C(O)C(F)(F)F. The van der Waals surface area contributed by atoms with Crippen molar-refractivity contribution in [3.63, 3.8) is 0 Å². The van der Waals surface area contributed by atoms with Crippen LogP contribution in [0.2, 0.25) is 0 Å². The third-order valence-corrected chi connectivity index (χ3v) is 2.39. The highest BCUT2D eigenvalue weighted by molar-refractivity contribution is 5.73. The van der Waals surface area contributed by atoms with E-state index in [1.54, 1.807) is 0 Å². The van der Waals surface area contributed by atoms with E-state index in [-0.39, 0.29) is 0 Å². The fourth-order valence-electron chi connectivity index (χ4n) is 1.54. The van der Waals surface area contributed by atoms with E-state index in [4.69, 9.17) is 19.8 Å². The van der Waals surface area contributed by atoms with Crippen molar-refractivity contribution in [2.75, 3.05) is 32.7 Å². The molecule has 0 bridgehead atoms. The van der Waals surface area contributed by atoms with Crippen molar-refractivity contribution in [2.24, 2.45) is 5.41 Å². The van der Waals surface area contributed by atoms with Gasteiger partial charge in [-0.05, 0) is 5.41 Å². The van der Waals surface area contributed by atoms with Crippen molar-refractivity contribution in [3.8, 4) is 0 Å². The van der Waals surface area contributed by atoms with Crippen LogP contribution in [0.4, 0.5) is 26.3 Å². The van der Waals surface area contributed by atoms with Gasteiger partial charge < -0.3 is 20.4 Å². The van der Waals surface area contributed by atoms with Gasteiger partial charge >= 0.3 is 24.3 Å². The van der Waals surface area contributed by atoms with Crippen LogP contribution in [0.5, 0.6) is 0 Å². The summed E-state index contributed by atoms with van der Waals surface area (Å²) in [4.78, 5) is 20.3. The molecule has 12 heteroatoms. The molecule has 1 heterocycles. The lowest BCUT2D eigenvalue weighted by atomic mass is 9.96. The number of nitrogens with one attached hydrogen (secondary N) is 1. The Bertz CT molecular complexity index is 388. The molecule has 6 nitrogen and oxygen atoms in total. The van der Waals surface area contributed by atoms with E-state index in [2.05, 4.69) is 31.0 Å². The normalized spacial score (nSPS) is 16.0. The van der Waals surface area contributed by atoms with Gasteiger partial charge in [0, 0.05) is 32.7 Å². The van der Waals surface area contributed by atoms with E-state index < -0.39 is 24.3 Å². The molecule has 0 spiro atoms. The molecule has 0 amide bonds. The van der Waals surface area contributed by atoms with Crippen molar-refractivity contribution in [1.29, 1.82) is 0 Å². The van der Waals surface area contributed by atoms with E-state index >= 15 is 0 Å². The molecular formula is C13H22F6N2O4. The van der Waals surface area contributed by atoms with Crippen molar-refractivity contribution in [2.45, 2.75) is 33.1 Å². The quantitative estimate of drug-likeness (QED) is 0.601. The van der Waals surface area contributed by atoms with Crippen LogP contribution in [0.3, 0.4) is 0 Å². The Morgan fingerprint density at radius 1 is 0.880 bits per heavy atom. The van der Waals surface area contributed by atoms with Gasteiger partial charge in [0.15, 0.2) is 0 Å². The lowest BCUT2D eigenvalue weighted by Crippen LogP contribution is -2.46. The average molecular weight is 384 g/mol. The molecule has 0 radical (unpaired) electrons. The predicted molar refractivity (Wildman–Crippen MR) is 76.1 cm³/mol. The van der Waals surface area contributed by atoms with Crippen LogP contribution in [0.25, 0.3) is 0 Å². The first-order chi connectivity index (χ1) is 11.0. The molecule has 1 aliphatic rings.